The fourth-order valence-corrected chi connectivity index (χ4v) is 3.79. The van der Waals surface area contributed by atoms with Crippen molar-refractivity contribution in [3.8, 4) is 5.75 Å². The number of β-amino-alcohol motifs (C(OH)–C–C–N with tert-alkyl or cyclic N) is 1. The summed E-state index contributed by atoms with van der Waals surface area (Å²) < 4.78 is 11.4. The summed E-state index contributed by atoms with van der Waals surface area (Å²) in [6.45, 7) is 2.23. The largest absolute Gasteiger partial charge is 0.487 e. The number of nitrogens with zero attached hydrogens (tertiary/aromatic N) is 2. The minimum atomic E-state index is -0.695. The maximum atomic E-state index is 12.6. The molecule has 0 saturated carbocycles. The van der Waals surface area contributed by atoms with E-state index < -0.39 is 6.10 Å². The summed E-state index contributed by atoms with van der Waals surface area (Å²) in [5.41, 5.74) is 0.867. The van der Waals surface area contributed by atoms with Gasteiger partial charge in [0.1, 0.15) is 18.0 Å². The molecule has 2 aromatic rings. The molecule has 0 spiro atoms. The minimum Gasteiger partial charge on any atom is -0.487 e. The number of pyridine rings is 1. The van der Waals surface area contributed by atoms with Gasteiger partial charge < -0.3 is 19.5 Å². The minimum absolute atomic E-state index is 0.0255. The monoisotopic (exact) mass is 356 g/mol. The van der Waals surface area contributed by atoms with Crippen LogP contribution in [0, 0.1) is 5.92 Å². The number of carbonyl (C=O) groups is 1. The van der Waals surface area contributed by atoms with Crippen molar-refractivity contribution in [1.29, 1.82) is 0 Å². The van der Waals surface area contributed by atoms with E-state index >= 15 is 0 Å². The van der Waals surface area contributed by atoms with Gasteiger partial charge in [-0.3, -0.25) is 9.78 Å². The van der Waals surface area contributed by atoms with Crippen LogP contribution in [-0.2, 0) is 9.53 Å². The van der Waals surface area contributed by atoms with Gasteiger partial charge in [0.25, 0.3) is 0 Å². The summed E-state index contributed by atoms with van der Waals surface area (Å²) in [5, 5.41) is 11.5. The number of hydrogen-bond acceptors (Lipinski definition) is 5. The number of benzene rings is 1. The van der Waals surface area contributed by atoms with Gasteiger partial charge >= 0.3 is 0 Å². The molecule has 2 aliphatic heterocycles. The van der Waals surface area contributed by atoms with E-state index in [1.165, 1.54) is 0 Å². The highest BCUT2D eigenvalue weighted by atomic mass is 16.5. The lowest BCUT2D eigenvalue weighted by Crippen LogP contribution is -2.52. The van der Waals surface area contributed by atoms with Crippen molar-refractivity contribution in [3.63, 3.8) is 0 Å². The Bertz CT molecular complexity index is 770. The molecule has 138 valence electrons. The summed E-state index contributed by atoms with van der Waals surface area (Å²) in [7, 11) is 0. The first-order valence-electron chi connectivity index (χ1n) is 9.27. The Morgan fingerprint density at radius 2 is 2.04 bits per heavy atom. The third kappa shape index (κ3) is 3.52. The van der Waals surface area contributed by atoms with Gasteiger partial charge in [0.2, 0.25) is 5.91 Å². The topological polar surface area (TPSA) is 71.9 Å². The Morgan fingerprint density at radius 3 is 2.85 bits per heavy atom. The number of rotatable bonds is 3. The van der Waals surface area contributed by atoms with Gasteiger partial charge in [-0.05, 0) is 37.1 Å². The summed E-state index contributed by atoms with van der Waals surface area (Å²) in [6.07, 6.45) is 2.90. The van der Waals surface area contributed by atoms with Crippen molar-refractivity contribution in [3.05, 3.63) is 36.5 Å². The quantitative estimate of drug-likeness (QED) is 0.911. The fourth-order valence-electron chi connectivity index (χ4n) is 3.79. The molecule has 2 atom stereocenters. The molecule has 2 aliphatic rings. The molecule has 6 heteroatoms. The summed E-state index contributed by atoms with van der Waals surface area (Å²) in [5.74, 6) is 0.890. The van der Waals surface area contributed by atoms with E-state index in [1.807, 2.05) is 30.3 Å². The zero-order valence-electron chi connectivity index (χ0n) is 14.7. The molecule has 0 radical (unpaired) electrons. The molecule has 2 saturated heterocycles. The molecule has 26 heavy (non-hydrogen) atoms. The van der Waals surface area contributed by atoms with E-state index in [-0.39, 0.29) is 17.9 Å². The molecule has 2 fully saturated rings. The zero-order chi connectivity index (χ0) is 17.9. The number of amides is 1. The van der Waals surface area contributed by atoms with E-state index in [9.17, 15) is 9.90 Å². The van der Waals surface area contributed by atoms with Crippen LogP contribution in [-0.4, -0.2) is 59.4 Å². The molecule has 0 bridgehead atoms. The highest BCUT2D eigenvalue weighted by Crippen LogP contribution is 2.28. The van der Waals surface area contributed by atoms with Crippen LogP contribution in [0.2, 0.25) is 0 Å². The Morgan fingerprint density at radius 1 is 1.19 bits per heavy atom. The van der Waals surface area contributed by atoms with Gasteiger partial charge in [-0.25, -0.2) is 0 Å². The number of aliphatic hydroxyl groups excluding tert-OH is 1. The highest BCUT2D eigenvalue weighted by Gasteiger charge is 2.34. The second kappa shape index (κ2) is 7.60. The summed E-state index contributed by atoms with van der Waals surface area (Å²) >= 11 is 0. The molecular formula is C20H24N2O4. The van der Waals surface area contributed by atoms with E-state index in [2.05, 4.69) is 4.98 Å². The predicted octanol–water partition coefficient (Wildman–Crippen LogP) is 2.00. The second-order valence-corrected chi connectivity index (χ2v) is 7.01. The zero-order valence-corrected chi connectivity index (χ0v) is 14.7. The Labute approximate surface area is 152 Å². The Hall–Kier alpha value is -2.18. The second-order valence-electron chi connectivity index (χ2n) is 7.01. The summed E-state index contributed by atoms with van der Waals surface area (Å²) in [4.78, 5) is 18.8. The van der Waals surface area contributed by atoms with Gasteiger partial charge in [-0.1, -0.05) is 6.07 Å². The number of piperidine rings is 1. The number of fused-ring (bicyclic) bond motifs is 1. The van der Waals surface area contributed by atoms with Crippen molar-refractivity contribution in [1.82, 2.24) is 9.88 Å². The van der Waals surface area contributed by atoms with Gasteiger partial charge in [0.05, 0.1) is 12.1 Å². The average molecular weight is 356 g/mol. The van der Waals surface area contributed by atoms with Crippen LogP contribution >= 0.6 is 0 Å². The van der Waals surface area contributed by atoms with E-state index in [0.717, 1.165) is 29.5 Å². The lowest BCUT2D eigenvalue weighted by atomic mass is 9.96. The van der Waals surface area contributed by atoms with Crippen molar-refractivity contribution < 1.29 is 19.4 Å². The Kier molecular flexibility index (Phi) is 5.04. The van der Waals surface area contributed by atoms with Crippen molar-refractivity contribution in [2.75, 3.05) is 26.3 Å². The number of likely N-dealkylation sites (tertiary alicyclic amines) is 1. The smallest absolute Gasteiger partial charge is 0.225 e. The van der Waals surface area contributed by atoms with Gasteiger partial charge in [-0.2, -0.15) is 0 Å². The van der Waals surface area contributed by atoms with Gasteiger partial charge in [-0.15, -0.1) is 0 Å². The molecule has 0 unspecified atom stereocenters. The number of ether oxygens (including phenoxy) is 2. The van der Waals surface area contributed by atoms with E-state index in [0.29, 0.717) is 32.7 Å². The first kappa shape index (κ1) is 17.2. The fraction of sp³-hybridized carbons (Fsp3) is 0.500. The molecular weight excluding hydrogens is 332 g/mol. The standard InChI is InChI=1S/C20H24N2O4/c23-17-13-22(20(24)14-7-11-25-12-8-14)10-6-19(17)26-18-5-1-4-16-15(18)3-2-9-21-16/h1-5,9,14,17,19,23H,6-8,10-13H2/t17-,19-/m1/s1. The maximum absolute atomic E-state index is 12.6. The number of aromatic nitrogens is 1. The van der Waals surface area contributed by atoms with Crippen LogP contribution in [0.1, 0.15) is 19.3 Å². The van der Waals surface area contributed by atoms with E-state index in [4.69, 9.17) is 9.47 Å². The number of carbonyl (C=O) groups excluding carboxylic acids is 1. The molecule has 1 N–H and O–H groups in total. The van der Waals surface area contributed by atoms with Gasteiger partial charge in [0, 0.05) is 43.7 Å². The lowest BCUT2D eigenvalue weighted by molar-refractivity contribution is -0.144. The Balaban J connectivity index is 1.41. The van der Waals surface area contributed by atoms with Crippen LogP contribution in [0.5, 0.6) is 5.75 Å². The molecule has 1 aromatic carbocycles. The van der Waals surface area contributed by atoms with Crippen LogP contribution in [0.4, 0.5) is 0 Å². The van der Waals surface area contributed by atoms with E-state index in [1.54, 1.807) is 11.1 Å². The first-order valence-corrected chi connectivity index (χ1v) is 9.27. The van der Waals surface area contributed by atoms with Crippen LogP contribution in [0.3, 0.4) is 0 Å². The highest BCUT2D eigenvalue weighted by molar-refractivity contribution is 5.84. The maximum Gasteiger partial charge on any atom is 0.225 e. The van der Waals surface area contributed by atoms with Gasteiger partial charge in [0.15, 0.2) is 0 Å². The van der Waals surface area contributed by atoms with Crippen LogP contribution < -0.4 is 4.74 Å². The third-order valence-electron chi connectivity index (χ3n) is 5.29. The van der Waals surface area contributed by atoms with Crippen molar-refractivity contribution in [2.24, 2.45) is 5.92 Å². The molecule has 1 amide bonds. The molecule has 4 rings (SSSR count). The molecule has 0 aliphatic carbocycles. The SMILES string of the molecule is O=C(C1CCOCC1)N1CC[C@@H](Oc2cccc3ncccc23)[C@H](O)C1. The van der Waals surface area contributed by atoms with Crippen molar-refractivity contribution >= 4 is 16.8 Å². The molecule has 6 nitrogen and oxygen atoms in total. The normalized spacial score (nSPS) is 24.6. The predicted molar refractivity (Wildman–Crippen MR) is 96.9 cm³/mol. The van der Waals surface area contributed by atoms with Crippen molar-refractivity contribution in [2.45, 2.75) is 31.5 Å². The average Bonchev–Trinajstić information content (AvgIpc) is 2.70. The van der Waals surface area contributed by atoms with Crippen LogP contribution in [0.25, 0.3) is 10.9 Å². The van der Waals surface area contributed by atoms with Crippen LogP contribution in [0.15, 0.2) is 36.5 Å². The molecule has 3 heterocycles. The molecule has 1 aromatic heterocycles. The lowest BCUT2D eigenvalue weighted by Gasteiger charge is -2.38. The number of aliphatic hydroxyl groups is 1. The third-order valence-corrected chi connectivity index (χ3v) is 5.29. The first-order chi connectivity index (χ1) is 12.7. The summed E-state index contributed by atoms with van der Waals surface area (Å²) in [6, 6.07) is 9.58. The number of hydrogen-bond donors (Lipinski definition) is 1.